The number of amides is 2. The molecule has 8 heteroatoms. The minimum Gasteiger partial charge on any atom is -0.446 e. The Labute approximate surface area is 191 Å². The standard InChI is InChI=1S/C24H24ClN3O4/c1-15-21(22(28-32-15)19-12-5-6-13-20(19)25)23(29)26-17-10-7-11-18(14-17)31-24(30)27-16-8-3-2-4-9-16/h2-6,8-9,12-13,17-18H,7,10-11,14H2,1H3,(H,26,29)(H,27,30)/t17-,18+/m1/s1. The molecule has 0 radical (unpaired) electrons. The van der Waals surface area contributed by atoms with E-state index in [2.05, 4.69) is 15.8 Å². The number of benzene rings is 2. The summed E-state index contributed by atoms with van der Waals surface area (Å²) in [5.74, 6) is 0.140. The predicted octanol–water partition coefficient (Wildman–Crippen LogP) is 5.59. The number of nitrogens with zero attached hydrogens (tertiary/aromatic N) is 1. The Balaban J connectivity index is 1.39. The highest BCUT2D eigenvalue weighted by Crippen LogP contribution is 2.31. The zero-order chi connectivity index (χ0) is 22.5. The number of carbonyl (C=O) groups is 2. The van der Waals surface area contributed by atoms with Gasteiger partial charge in [0.05, 0.1) is 5.02 Å². The van der Waals surface area contributed by atoms with Crippen LogP contribution >= 0.6 is 11.6 Å². The van der Waals surface area contributed by atoms with Crippen molar-refractivity contribution in [3.05, 3.63) is 70.9 Å². The summed E-state index contributed by atoms with van der Waals surface area (Å²) in [6.45, 7) is 1.70. The number of aromatic nitrogens is 1. The summed E-state index contributed by atoms with van der Waals surface area (Å²) < 4.78 is 10.9. The van der Waals surface area contributed by atoms with E-state index in [0.29, 0.717) is 39.7 Å². The zero-order valence-corrected chi connectivity index (χ0v) is 18.4. The molecule has 0 unspecified atom stereocenters. The van der Waals surface area contributed by atoms with Gasteiger partial charge in [-0.05, 0) is 44.4 Å². The third-order valence-electron chi connectivity index (χ3n) is 5.47. The van der Waals surface area contributed by atoms with Gasteiger partial charge >= 0.3 is 6.09 Å². The van der Waals surface area contributed by atoms with E-state index in [1.165, 1.54) is 0 Å². The molecular formula is C24H24ClN3O4. The normalized spacial score (nSPS) is 18.1. The molecule has 0 bridgehead atoms. The Morgan fingerprint density at radius 3 is 2.62 bits per heavy atom. The number of ether oxygens (including phenoxy) is 1. The first-order valence-corrected chi connectivity index (χ1v) is 10.9. The van der Waals surface area contributed by atoms with E-state index in [4.69, 9.17) is 20.9 Å². The molecule has 2 N–H and O–H groups in total. The molecule has 1 aliphatic carbocycles. The van der Waals surface area contributed by atoms with Crippen LogP contribution in [0.5, 0.6) is 0 Å². The quantitative estimate of drug-likeness (QED) is 0.525. The van der Waals surface area contributed by atoms with E-state index in [9.17, 15) is 9.59 Å². The predicted molar refractivity (Wildman–Crippen MR) is 122 cm³/mol. The molecule has 0 spiro atoms. The van der Waals surface area contributed by atoms with Crippen molar-refractivity contribution in [3.8, 4) is 11.3 Å². The van der Waals surface area contributed by atoms with Crippen LogP contribution in [-0.2, 0) is 4.74 Å². The van der Waals surface area contributed by atoms with Crippen molar-refractivity contribution >= 4 is 29.3 Å². The Hall–Kier alpha value is -3.32. The van der Waals surface area contributed by atoms with Crippen LogP contribution in [0.3, 0.4) is 0 Å². The summed E-state index contributed by atoms with van der Waals surface area (Å²) in [5.41, 5.74) is 2.09. The van der Waals surface area contributed by atoms with Gasteiger partial charge < -0.3 is 14.6 Å². The Bertz CT molecular complexity index is 1100. The van der Waals surface area contributed by atoms with E-state index in [-0.39, 0.29) is 18.1 Å². The van der Waals surface area contributed by atoms with Crippen LogP contribution in [0.2, 0.25) is 5.02 Å². The van der Waals surface area contributed by atoms with E-state index in [0.717, 1.165) is 19.3 Å². The van der Waals surface area contributed by atoms with Gasteiger partial charge in [-0.3, -0.25) is 10.1 Å². The SMILES string of the molecule is Cc1onc(-c2ccccc2Cl)c1C(=O)N[C@@H]1CCC[C@H](OC(=O)Nc2ccccc2)C1. The minimum absolute atomic E-state index is 0.126. The van der Waals surface area contributed by atoms with Crippen LogP contribution in [-0.4, -0.2) is 29.3 Å². The van der Waals surface area contributed by atoms with Gasteiger partial charge in [-0.25, -0.2) is 4.79 Å². The number of hydrogen-bond acceptors (Lipinski definition) is 5. The molecule has 32 heavy (non-hydrogen) atoms. The summed E-state index contributed by atoms with van der Waals surface area (Å²) >= 11 is 6.29. The first kappa shape index (κ1) is 21.9. The second-order valence-electron chi connectivity index (χ2n) is 7.80. The lowest BCUT2D eigenvalue weighted by atomic mass is 9.92. The molecule has 0 saturated heterocycles. The molecule has 1 heterocycles. The topological polar surface area (TPSA) is 93.5 Å². The van der Waals surface area contributed by atoms with Gasteiger partial charge in [0.25, 0.3) is 5.91 Å². The molecule has 1 aromatic heterocycles. The van der Waals surface area contributed by atoms with Crippen molar-refractivity contribution in [1.29, 1.82) is 0 Å². The molecule has 1 fully saturated rings. The first-order valence-electron chi connectivity index (χ1n) is 10.6. The van der Waals surface area contributed by atoms with Crippen LogP contribution in [0, 0.1) is 6.92 Å². The lowest BCUT2D eigenvalue weighted by molar-refractivity contribution is 0.0712. The van der Waals surface area contributed by atoms with E-state index >= 15 is 0 Å². The number of halogens is 1. The fraction of sp³-hybridized carbons (Fsp3) is 0.292. The van der Waals surface area contributed by atoms with E-state index in [1.54, 1.807) is 31.2 Å². The summed E-state index contributed by atoms with van der Waals surface area (Å²) in [7, 11) is 0. The number of para-hydroxylation sites is 1. The maximum atomic E-state index is 13.1. The van der Waals surface area contributed by atoms with E-state index in [1.807, 2.05) is 30.3 Å². The van der Waals surface area contributed by atoms with Gasteiger partial charge in [0, 0.05) is 23.7 Å². The molecule has 2 atom stereocenters. The fourth-order valence-electron chi connectivity index (χ4n) is 3.94. The number of anilines is 1. The highest BCUT2D eigenvalue weighted by molar-refractivity contribution is 6.33. The summed E-state index contributed by atoms with van der Waals surface area (Å²) in [5, 5.41) is 10.3. The van der Waals surface area contributed by atoms with Crippen molar-refractivity contribution in [2.45, 2.75) is 44.8 Å². The maximum absolute atomic E-state index is 13.1. The monoisotopic (exact) mass is 453 g/mol. The van der Waals surface area contributed by atoms with Crippen LogP contribution in [0.1, 0.15) is 41.8 Å². The van der Waals surface area contributed by atoms with Gasteiger partial charge in [-0.15, -0.1) is 0 Å². The van der Waals surface area contributed by atoms with Gasteiger partial charge in [0.1, 0.15) is 23.1 Å². The third kappa shape index (κ3) is 5.11. The second-order valence-corrected chi connectivity index (χ2v) is 8.20. The number of hydrogen-bond donors (Lipinski definition) is 2. The second kappa shape index (κ2) is 9.87. The van der Waals surface area contributed by atoms with Crippen LogP contribution < -0.4 is 10.6 Å². The summed E-state index contributed by atoms with van der Waals surface area (Å²) in [6, 6.07) is 16.2. The lowest BCUT2D eigenvalue weighted by Gasteiger charge is -2.29. The smallest absolute Gasteiger partial charge is 0.411 e. The number of nitrogens with one attached hydrogen (secondary N) is 2. The Kier molecular flexibility index (Phi) is 6.75. The number of rotatable bonds is 5. The zero-order valence-electron chi connectivity index (χ0n) is 17.6. The number of carbonyl (C=O) groups excluding carboxylic acids is 2. The van der Waals surface area contributed by atoms with Gasteiger partial charge in [-0.1, -0.05) is 53.2 Å². The molecule has 2 aromatic carbocycles. The molecule has 3 aromatic rings. The molecule has 1 aliphatic rings. The Morgan fingerprint density at radius 2 is 1.84 bits per heavy atom. The summed E-state index contributed by atoms with van der Waals surface area (Å²) in [6.07, 6.45) is 2.17. The maximum Gasteiger partial charge on any atom is 0.411 e. The van der Waals surface area contributed by atoms with Crippen LogP contribution in [0.15, 0.2) is 59.1 Å². The summed E-state index contributed by atoms with van der Waals surface area (Å²) in [4.78, 5) is 25.3. The average molecular weight is 454 g/mol. The average Bonchev–Trinajstić information content (AvgIpc) is 3.16. The first-order chi connectivity index (χ1) is 15.5. The largest absolute Gasteiger partial charge is 0.446 e. The molecular weight excluding hydrogens is 430 g/mol. The van der Waals surface area contributed by atoms with Crippen molar-refractivity contribution in [2.75, 3.05) is 5.32 Å². The highest BCUT2D eigenvalue weighted by atomic mass is 35.5. The van der Waals surface area contributed by atoms with Crippen molar-refractivity contribution in [3.63, 3.8) is 0 Å². The van der Waals surface area contributed by atoms with Crippen molar-refractivity contribution in [2.24, 2.45) is 0 Å². The molecule has 166 valence electrons. The van der Waals surface area contributed by atoms with Crippen molar-refractivity contribution < 1.29 is 18.8 Å². The molecule has 7 nitrogen and oxygen atoms in total. The highest BCUT2D eigenvalue weighted by Gasteiger charge is 2.29. The van der Waals surface area contributed by atoms with Crippen LogP contribution in [0.4, 0.5) is 10.5 Å². The molecule has 2 amide bonds. The molecule has 0 aliphatic heterocycles. The Morgan fingerprint density at radius 1 is 1.09 bits per heavy atom. The van der Waals surface area contributed by atoms with Gasteiger partial charge in [0.15, 0.2) is 0 Å². The minimum atomic E-state index is -0.496. The van der Waals surface area contributed by atoms with Crippen LogP contribution in [0.25, 0.3) is 11.3 Å². The molecule has 4 rings (SSSR count). The van der Waals surface area contributed by atoms with Gasteiger partial charge in [-0.2, -0.15) is 0 Å². The molecule has 1 saturated carbocycles. The number of aryl methyl sites for hydroxylation is 1. The third-order valence-corrected chi connectivity index (χ3v) is 5.80. The van der Waals surface area contributed by atoms with E-state index < -0.39 is 6.09 Å². The fourth-order valence-corrected chi connectivity index (χ4v) is 4.16. The lowest BCUT2D eigenvalue weighted by Crippen LogP contribution is -2.41. The van der Waals surface area contributed by atoms with Gasteiger partial charge in [0.2, 0.25) is 0 Å². The van der Waals surface area contributed by atoms with Crippen molar-refractivity contribution in [1.82, 2.24) is 10.5 Å².